The van der Waals surface area contributed by atoms with Crippen LogP contribution in [0.15, 0.2) is 29.0 Å². The Bertz CT molecular complexity index is 334. The van der Waals surface area contributed by atoms with Gasteiger partial charge in [0, 0.05) is 12.0 Å². The molecule has 0 aromatic heterocycles. The summed E-state index contributed by atoms with van der Waals surface area (Å²) in [6.07, 6.45) is 11.1. The zero-order valence-corrected chi connectivity index (χ0v) is 11.9. The SMILES string of the molecule is CCCCC#C/C(=C/C=C=C(C)C)CCCC. The van der Waals surface area contributed by atoms with Crippen molar-refractivity contribution in [1.82, 2.24) is 0 Å². The minimum atomic E-state index is 1.02. The number of hydrogen-bond donors (Lipinski definition) is 0. The van der Waals surface area contributed by atoms with E-state index >= 15 is 0 Å². The molecule has 0 aliphatic heterocycles. The molecule has 17 heavy (non-hydrogen) atoms. The van der Waals surface area contributed by atoms with Crippen molar-refractivity contribution >= 4 is 0 Å². The molecule has 94 valence electrons. The molecule has 0 nitrogen and oxygen atoms in total. The summed E-state index contributed by atoms with van der Waals surface area (Å²) < 4.78 is 0. The van der Waals surface area contributed by atoms with Gasteiger partial charge in [-0.05, 0) is 50.8 Å². The van der Waals surface area contributed by atoms with E-state index in [9.17, 15) is 0 Å². The van der Waals surface area contributed by atoms with Gasteiger partial charge in [-0.15, -0.1) is 5.73 Å². The highest BCUT2D eigenvalue weighted by atomic mass is 13.9. The Labute approximate surface area is 108 Å². The molecule has 0 bridgehead atoms. The second-order valence-electron chi connectivity index (χ2n) is 4.51. The Morgan fingerprint density at radius 1 is 1.06 bits per heavy atom. The number of hydrogen-bond acceptors (Lipinski definition) is 0. The number of allylic oxidation sites excluding steroid dienone is 3. The number of unbranched alkanes of at least 4 members (excludes halogenated alkanes) is 3. The van der Waals surface area contributed by atoms with E-state index in [1.54, 1.807) is 0 Å². The lowest BCUT2D eigenvalue weighted by molar-refractivity contribution is 0.800. The van der Waals surface area contributed by atoms with Crippen molar-refractivity contribution in [2.75, 3.05) is 0 Å². The first kappa shape index (κ1) is 15.8. The maximum atomic E-state index is 3.29. The monoisotopic (exact) mass is 230 g/mol. The standard InChI is InChI=1S/C17H26/c1-5-7-9-10-14-17(13-8-6-2)15-11-12-16(3)4/h11,15H,5-9,13H2,1-4H3/b17-15+. The molecule has 0 heteroatoms. The Kier molecular flexibility index (Phi) is 10.5. The molecule has 0 saturated carbocycles. The van der Waals surface area contributed by atoms with Gasteiger partial charge in [-0.25, -0.2) is 0 Å². The third kappa shape index (κ3) is 11.1. The van der Waals surface area contributed by atoms with Crippen LogP contribution >= 0.6 is 0 Å². The fraction of sp³-hybridized carbons (Fsp3) is 0.588. The van der Waals surface area contributed by atoms with Crippen molar-refractivity contribution < 1.29 is 0 Å². The van der Waals surface area contributed by atoms with Crippen molar-refractivity contribution in [2.45, 2.75) is 66.2 Å². The van der Waals surface area contributed by atoms with E-state index < -0.39 is 0 Å². The second kappa shape index (κ2) is 11.3. The molecule has 0 unspecified atom stereocenters. The third-order valence-electron chi connectivity index (χ3n) is 2.36. The summed E-state index contributed by atoms with van der Waals surface area (Å²) in [5.74, 6) is 6.55. The van der Waals surface area contributed by atoms with Crippen LogP contribution in [0.4, 0.5) is 0 Å². The first-order valence-corrected chi connectivity index (χ1v) is 6.78. The Morgan fingerprint density at radius 2 is 1.76 bits per heavy atom. The van der Waals surface area contributed by atoms with E-state index in [0.29, 0.717) is 0 Å². The van der Waals surface area contributed by atoms with Crippen LogP contribution in [0.5, 0.6) is 0 Å². The van der Waals surface area contributed by atoms with E-state index in [1.807, 2.05) is 6.08 Å². The molecular weight excluding hydrogens is 204 g/mol. The highest BCUT2D eigenvalue weighted by molar-refractivity contribution is 5.31. The summed E-state index contributed by atoms with van der Waals surface area (Å²) in [4.78, 5) is 0. The lowest BCUT2D eigenvalue weighted by Crippen LogP contribution is -1.80. The fourth-order valence-corrected chi connectivity index (χ4v) is 1.30. The van der Waals surface area contributed by atoms with Gasteiger partial charge in [0.15, 0.2) is 0 Å². The normalized spacial score (nSPS) is 10.2. The van der Waals surface area contributed by atoms with Gasteiger partial charge in [-0.1, -0.05) is 38.5 Å². The second-order valence-corrected chi connectivity index (χ2v) is 4.51. The molecule has 0 aliphatic carbocycles. The summed E-state index contributed by atoms with van der Waals surface area (Å²) in [7, 11) is 0. The quantitative estimate of drug-likeness (QED) is 0.247. The predicted molar refractivity (Wildman–Crippen MR) is 77.9 cm³/mol. The summed E-state index contributed by atoms with van der Waals surface area (Å²) >= 11 is 0. The molecule has 0 amide bonds. The molecule has 0 spiro atoms. The van der Waals surface area contributed by atoms with Gasteiger partial charge in [0.2, 0.25) is 0 Å². The van der Waals surface area contributed by atoms with Gasteiger partial charge in [-0.2, -0.15) is 0 Å². The molecule has 0 N–H and O–H groups in total. The van der Waals surface area contributed by atoms with Gasteiger partial charge in [0.05, 0.1) is 0 Å². The van der Waals surface area contributed by atoms with E-state index in [-0.39, 0.29) is 0 Å². The van der Waals surface area contributed by atoms with Crippen molar-refractivity contribution in [3.05, 3.63) is 29.0 Å². The maximum Gasteiger partial charge on any atom is 0.00922 e. The molecule has 0 fully saturated rings. The first-order valence-electron chi connectivity index (χ1n) is 6.78. The average Bonchev–Trinajstić information content (AvgIpc) is 2.30. The largest absolute Gasteiger partial charge is 0.122 e. The van der Waals surface area contributed by atoms with Gasteiger partial charge >= 0.3 is 0 Å². The summed E-state index contributed by atoms with van der Waals surface area (Å²) in [5.41, 5.74) is 5.65. The lowest BCUT2D eigenvalue weighted by atomic mass is 10.1. The van der Waals surface area contributed by atoms with Crippen LogP contribution in [0.1, 0.15) is 66.2 Å². The lowest BCUT2D eigenvalue weighted by Gasteiger charge is -1.96. The number of rotatable bonds is 6. The molecule has 0 atom stereocenters. The smallest absolute Gasteiger partial charge is 0.00922 e. The zero-order valence-electron chi connectivity index (χ0n) is 11.9. The molecule has 0 heterocycles. The molecule has 0 radical (unpaired) electrons. The van der Waals surface area contributed by atoms with Crippen LogP contribution in [0.3, 0.4) is 0 Å². The van der Waals surface area contributed by atoms with Gasteiger partial charge in [0.25, 0.3) is 0 Å². The van der Waals surface area contributed by atoms with Crippen molar-refractivity contribution in [2.24, 2.45) is 0 Å². The van der Waals surface area contributed by atoms with Crippen LogP contribution in [0, 0.1) is 11.8 Å². The van der Waals surface area contributed by atoms with Crippen LogP contribution in [0.25, 0.3) is 0 Å². The Morgan fingerprint density at radius 3 is 2.35 bits per heavy atom. The van der Waals surface area contributed by atoms with Crippen molar-refractivity contribution in [3.63, 3.8) is 0 Å². The Balaban J connectivity index is 4.50. The molecular formula is C17H26. The maximum absolute atomic E-state index is 3.29. The minimum absolute atomic E-state index is 1.02. The van der Waals surface area contributed by atoms with Crippen LogP contribution in [-0.4, -0.2) is 0 Å². The topological polar surface area (TPSA) is 0 Å². The predicted octanol–water partition coefficient (Wildman–Crippen LogP) is 5.42. The van der Waals surface area contributed by atoms with Gasteiger partial charge < -0.3 is 0 Å². The van der Waals surface area contributed by atoms with E-state index in [4.69, 9.17) is 0 Å². The highest BCUT2D eigenvalue weighted by Crippen LogP contribution is 2.06. The molecule has 0 aliphatic rings. The van der Waals surface area contributed by atoms with Gasteiger partial charge in [-0.3, -0.25) is 0 Å². The van der Waals surface area contributed by atoms with E-state index in [0.717, 1.165) is 12.8 Å². The van der Waals surface area contributed by atoms with Crippen LogP contribution in [-0.2, 0) is 0 Å². The first-order chi connectivity index (χ1) is 8.20. The van der Waals surface area contributed by atoms with Gasteiger partial charge in [0.1, 0.15) is 0 Å². The fourth-order valence-electron chi connectivity index (χ4n) is 1.30. The molecule has 0 aromatic rings. The van der Waals surface area contributed by atoms with Crippen molar-refractivity contribution in [3.8, 4) is 11.8 Å². The summed E-state index contributed by atoms with van der Waals surface area (Å²) in [5, 5.41) is 0. The zero-order chi connectivity index (χ0) is 12.9. The average molecular weight is 230 g/mol. The van der Waals surface area contributed by atoms with Crippen LogP contribution < -0.4 is 0 Å². The third-order valence-corrected chi connectivity index (χ3v) is 2.36. The summed E-state index contributed by atoms with van der Waals surface area (Å²) in [6, 6.07) is 0. The molecule has 0 saturated heterocycles. The Hall–Kier alpha value is -1.18. The molecule has 0 rings (SSSR count). The highest BCUT2D eigenvalue weighted by Gasteiger charge is 1.90. The van der Waals surface area contributed by atoms with E-state index in [2.05, 4.69) is 51.3 Å². The van der Waals surface area contributed by atoms with Crippen molar-refractivity contribution in [1.29, 1.82) is 0 Å². The summed E-state index contributed by atoms with van der Waals surface area (Å²) in [6.45, 7) is 8.53. The van der Waals surface area contributed by atoms with Crippen LogP contribution in [0.2, 0.25) is 0 Å². The van der Waals surface area contributed by atoms with E-state index in [1.165, 1.54) is 36.8 Å². The molecule has 0 aromatic carbocycles. The minimum Gasteiger partial charge on any atom is -0.122 e.